The third kappa shape index (κ3) is 3.67. The van der Waals surface area contributed by atoms with Crippen molar-refractivity contribution in [2.24, 2.45) is 0 Å². The minimum Gasteiger partial charge on any atom is -0.493 e. The summed E-state index contributed by atoms with van der Waals surface area (Å²) >= 11 is 0. The van der Waals surface area contributed by atoms with E-state index in [-0.39, 0.29) is 0 Å². The second-order valence-corrected chi connectivity index (χ2v) is 6.90. The first-order valence-electron chi connectivity index (χ1n) is 9.65. The molecule has 0 amide bonds. The maximum atomic E-state index is 5.90. The smallest absolute Gasteiger partial charge is 0.243 e. The molecule has 2 aromatic heterocycles. The molecule has 1 aliphatic heterocycles. The number of anilines is 1. The molecule has 4 aromatic rings. The topological polar surface area (TPSA) is 88.6 Å². The molecule has 0 saturated carbocycles. The molecule has 7 heteroatoms. The minimum absolute atomic E-state index is 0.458. The first-order chi connectivity index (χ1) is 14.4. The number of fused-ring (bicyclic) bond motifs is 1. The van der Waals surface area contributed by atoms with Gasteiger partial charge in [-0.25, -0.2) is 4.98 Å². The fraction of sp³-hybridized carbons (Fsp3) is 0.182. The molecule has 0 radical (unpaired) electrons. The Morgan fingerprint density at radius 1 is 1.07 bits per heavy atom. The number of nitrogens with zero attached hydrogens (tertiary/aromatic N) is 4. The second kappa shape index (κ2) is 7.71. The van der Waals surface area contributed by atoms with Gasteiger partial charge in [0.25, 0.3) is 0 Å². The number of ether oxygens (including phenoxy) is 1. The summed E-state index contributed by atoms with van der Waals surface area (Å²) < 4.78 is 5.90. The van der Waals surface area contributed by atoms with Gasteiger partial charge >= 0.3 is 0 Å². The zero-order valence-corrected chi connectivity index (χ0v) is 15.8. The molecule has 0 spiro atoms. The summed E-state index contributed by atoms with van der Waals surface area (Å²) in [5.74, 6) is 1.37. The Morgan fingerprint density at radius 2 is 2.00 bits per heavy atom. The van der Waals surface area contributed by atoms with Crippen LogP contribution in [0, 0.1) is 0 Å². The van der Waals surface area contributed by atoms with Crippen molar-refractivity contribution in [1.82, 2.24) is 25.4 Å². The van der Waals surface area contributed by atoms with E-state index in [1.54, 1.807) is 6.20 Å². The Hall–Kier alpha value is -3.74. The lowest BCUT2D eigenvalue weighted by atomic mass is 10.0. The van der Waals surface area contributed by atoms with Gasteiger partial charge in [0.05, 0.1) is 36.4 Å². The molecule has 29 heavy (non-hydrogen) atoms. The summed E-state index contributed by atoms with van der Waals surface area (Å²) in [7, 11) is 0. The van der Waals surface area contributed by atoms with Crippen molar-refractivity contribution in [3.05, 3.63) is 72.1 Å². The minimum atomic E-state index is 0.458. The zero-order valence-electron chi connectivity index (χ0n) is 15.8. The van der Waals surface area contributed by atoms with Crippen molar-refractivity contribution in [3.63, 3.8) is 0 Å². The number of aromatic nitrogens is 5. The van der Waals surface area contributed by atoms with Crippen LogP contribution in [0.15, 0.2) is 60.8 Å². The van der Waals surface area contributed by atoms with Gasteiger partial charge in [0, 0.05) is 5.56 Å². The number of hydrogen-bond donors (Lipinski definition) is 2. The predicted molar refractivity (Wildman–Crippen MR) is 110 cm³/mol. The number of rotatable bonds is 5. The summed E-state index contributed by atoms with van der Waals surface area (Å²) in [6.07, 6.45) is 3.73. The molecule has 0 saturated heterocycles. The van der Waals surface area contributed by atoms with Gasteiger partial charge in [0.2, 0.25) is 5.95 Å². The number of hydrogen-bond acceptors (Lipinski definition) is 6. The molecule has 2 N–H and O–H groups in total. The van der Waals surface area contributed by atoms with E-state index in [9.17, 15) is 0 Å². The van der Waals surface area contributed by atoms with Crippen LogP contribution in [-0.2, 0) is 13.0 Å². The molecular formula is C22H20N6O. The largest absolute Gasteiger partial charge is 0.493 e. The van der Waals surface area contributed by atoms with E-state index < -0.39 is 0 Å². The Balaban J connectivity index is 1.33. The van der Waals surface area contributed by atoms with Crippen molar-refractivity contribution in [1.29, 1.82) is 0 Å². The number of aromatic amines is 1. The lowest BCUT2D eigenvalue weighted by molar-refractivity contribution is 0.289. The van der Waals surface area contributed by atoms with Crippen LogP contribution in [0.5, 0.6) is 5.75 Å². The average Bonchev–Trinajstić information content (AvgIpc) is 3.27. The molecule has 2 aromatic carbocycles. The molecule has 0 aliphatic carbocycles. The van der Waals surface area contributed by atoms with Crippen LogP contribution < -0.4 is 10.1 Å². The zero-order chi connectivity index (χ0) is 19.5. The number of aryl methyl sites for hydroxylation is 1. The van der Waals surface area contributed by atoms with Gasteiger partial charge in [0.1, 0.15) is 5.75 Å². The Morgan fingerprint density at radius 3 is 2.93 bits per heavy atom. The standard InChI is InChI=1S/C22H20N6O/c1-2-6-15(7-3-1)19-12-17(26-27-19)13-23-22-25-20(14-24-28-22)18-10-4-8-16-9-5-11-29-21(16)18/h1-4,6-8,10,12,14H,5,9,11,13H2,(H,26,27)(H,23,25,28). The lowest BCUT2D eigenvalue weighted by Crippen LogP contribution is -2.10. The Kier molecular flexibility index (Phi) is 4.62. The van der Waals surface area contributed by atoms with E-state index in [1.807, 2.05) is 48.5 Å². The van der Waals surface area contributed by atoms with Crippen molar-refractivity contribution < 1.29 is 4.74 Å². The number of H-pyrrole nitrogens is 1. The molecule has 144 valence electrons. The molecular weight excluding hydrogens is 364 g/mol. The molecule has 0 fully saturated rings. The van der Waals surface area contributed by atoms with Gasteiger partial charge in [0.15, 0.2) is 0 Å². The monoisotopic (exact) mass is 384 g/mol. The quantitative estimate of drug-likeness (QED) is 0.543. The lowest BCUT2D eigenvalue weighted by Gasteiger charge is -2.19. The van der Waals surface area contributed by atoms with E-state index in [0.29, 0.717) is 12.5 Å². The van der Waals surface area contributed by atoms with Crippen LogP contribution in [0.3, 0.4) is 0 Å². The number of para-hydroxylation sites is 1. The van der Waals surface area contributed by atoms with Crippen LogP contribution >= 0.6 is 0 Å². The van der Waals surface area contributed by atoms with Gasteiger partial charge in [-0.15, -0.1) is 5.10 Å². The highest BCUT2D eigenvalue weighted by Gasteiger charge is 2.17. The van der Waals surface area contributed by atoms with Gasteiger partial charge in [-0.2, -0.15) is 10.2 Å². The molecule has 5 rings (SSSR count). The first kappa shape index (κ1) is 17.4. The molecule has 0 bridgehead atoms. The predicted octanol–water partition coefficient (Wildman–Crippen LogP) is 3.87. The van der Waals surface area contributed by atoms with Gasteiger partial charge in [-0.3, -0.25) is 5.10 Å². The van der Waals surface area contributed by atoms with Crippen molar-refractivity contribution in [3.8, 4) is 28.3 Å². The average molecular weight is 384 g/mol. The SMILES string of the molecule is c1ccc(-c2cc(CNc3nncc(-c4cccc5c4OCCC5)n3)n[nH]2)cc1. The molecule has 3 heterocycles. The number of nitrogens with one attached hydrogen (secondary N) is 2. The Bertz CT molecular complexity index is 1130. The third-order valence-corrected chi connectivity index (χ3v) is 4.91. The third-order valence-electron chi connectivity index (χ3n) is 4.91. The summed E-state index contributed by atoms with van der Waals surface area (Å²) in [5, 5.41) is 18.9. The van der Waals surface area contributed by atoms with E-state index in [0.717, 1.165) is 53.4 Å². The van der Waals surface area contributed by atoms with Crippen LogP contribution in [0.1, 0.15) is 17.7 Å². The fourth-order valence-corrected chi connectivity index (χ4v) is 3.49. The fourth-order valence-electron chi connectivity index (χ4n) is 3.49. The van der Waals surface area contributed by atoms with Crippen LogP contribution in [0.25, 0.3) is 22.5 Å². The summed E-state index contributed by atoms with van der Waals surface area (Å²) in [5.41, 5.74) is 5.85. The van der Waals surface area contributed by atoms with Gasteiger partial charge in [-0.05, 0) is 36.1 Å². The molecule has 7 nitrogen and oxygen atoms in total. The highest BCUT2D eigenvalue weighted by Crippen LogP contribution is 2.35. The van der Waals surface area contributed by atoms with Crippen LogP contribution in [-0.4, -0.2) is 32.0 Å². The van der Waals surface area contributed by atoms with Crippen molar-refractivity contribution >= 4 is 5.95 Å². The van der Waals surface area contributed by atoms with E-state index in [2.05, 4.69) is 36.8 Å². The van der Waals surface area contributed by atoms with Gasteiger partial charge in [-0.1, -0.05) is 42.5 Å². The van der Waals surface area contributed by atoms with Gasteiger partial charge < -0.3 is 10.1 Å². The van der Waals surface area contributed by atoms with Crippen LogP contribution in [0.4, 0.5) is 5.95 Å². The first-order valence-corrected chi connectivity index (χ1v) is 9.65. The summed E-state index contributed by atoms with van der Waals surface area (Å²) in [6, 6.07) is 18.3. The Labute approximate surface area is 168 Å². The molecule has 0 atom stereocenters. The summed E-state index contributed by atoms with van der Waals surface area (Å²) in [6.45, 7) is 1.23. The van der Waals surface area contributed by atoms with E-state index >= 15 is 0 Å². The highest BCUT2D eigenvalue weighted by molar-refractivity contribution is 5.69. The highest BCUT2D eigenvalue weighted by atomic mass is 16.5. The molecule has 0 unspecified atom stereocenters. The second-order valence-electron chi connectivity index (χ2n) is 6.90. The molecule has 1 aliphatic rings. The maximum Gasteiger partial charge on any atom is 0.243 e. The van der Waals surface area contributed by atoms with Crippen molar-refractivity contribution in [2.75, 3.05) is 11.9 Å². The maximum absolute atomic E-state index is 5.90. The number of benzene rings is 2. The van der Waals surface area contributed by atoms with E-state index in [4.69, 9.17) is 4.74 Å². The van der Waals surface area contributed by atoms with Crippen molar-refractivity contribution in [2.45, 2.75) is 19.4 Å². The summed E-state index contributed by atoms with van der Waals surface area (Å²) in [4.78, 5) is 4.63. The van der Waals surface area contributed by atoms with E-state index in [1.165, 1.54) is 5.56 Å². The van der Waals surface area contributed by atoms with Crippen LogP contribution in [0.2, 0.25) is 0 Å². The normalized spacial score (nSPS) is 12.8.